The molecule has 0 saturated carbocycles. The van der Waals surface area contributed by atoms with Crippen LogP contribution in [0.2, 0.25) is 0 Å². The molecule has 0 bridgehead atoms. The van der Waals surface area contributed by atoms with Gasteiger partial charge in [0.2, 0.25) is 0 Å². The minimum Gasteiger partial charge on any atom is -0.497 e. The fourth-order valence-corrected chi connectivity index (χ4v) is 3.64. The molecule has 0 spiro atoms. The average Bonchev–Trinajstić information content (AvgIpc) is 2.74. The molecular formula is C20H27N5O2. The summed E-state index contributed by atoms with van der Waals surface area (Å²) in [6.07, 6.45) is 0. The molecule has 0 unspecified atom stereocenters. The monoisotopic (exact) mass is 369 g/mol. The standard InChI is InChI=1S/C20H27N5O2/c1-16-21-19(15-20(22-16)25-11-13-27-14-12-25)24-9-7-23(8-10-24)17-3-5-18(26-2)6-4-17/h3-6,15H,7-14H2,1-2H3. The van der Waals surface area contributed by atoms with E-state index < -0.39 is 0 Å². The Balaban J connectivity index is 1.43. The van der Waals surface area contributed by atoms with E-state index in [4.69, 9.17) is 14.5 Å². The predicted octanol–water partition coefficient (Wildman–Crippen LogP) is 1.96. The van der Waals surface area contributed by atoms with E-state index in [1.54, 1.807) is 7.11 Å². The summed E-state index contributed by atoms with van der Waals surface area (Å²) in [6.45, 7) is 9.13. The molecule has 2 aliphatic rings. The third-order valence-corrected chi connectivity index (χ3v) is 5.19. The first-order valence-electron chi connectivity index (χ1n) is 9.55. The largest absolute Gasteiger partial charge is 0.497 e. The first-order chi connectivity index (χ1) is 13.2. The summed E-state index contributed by atoms with van der Waals surface area (Å²) in [5, 5.41) is 0. The minimum atomic E-state index is 0.763. The van der Waals surface area contributed by atoms with Gasteiger partial charge in [-0.05, 0) is 31.2 Å². The lowest BCUT2D eigenvalue weighted by Crippen LogP contribution is -2.47. The number of methoxy groups -OCH3 is 1. The van der Waals surface area contributed by atoms with Gasteiger partial charge in [0.25, 0.3) is 0 Å². The van der Waals surface area contributed by atoms with Crippen molar-refractivity contribution < 1.29 is 9.47 Å². The fraction of sp³-hybridized carbons (Fsp3) is 0.500. The van der Waals surface area contributed by atoms with Gasteiger partial charge in [0.15, 0.2) is 0 Å². The van der Waals surface area contributed by atoms with Crippen LogP contribution in [0.3, 0.4) is 0 Å². The number of benzene rings is 1. The van der Waals surface area contributed by atoms with Crippen molar-refractivity contribution >= 4 is 17.3 Å². The molecule has 0 atom stereocenters. The van der Waals surface area contributed by atoms with Crippen molar-refractivity contribution in [1.29, 1.82) is 0 Å². The zero-order chi connectivity index (χ0) is 18.6. The van der Waals surface area contributed by atoms with Gasteiger partial charge in [0, 0.05) is 51.0 Å². The van der Waals surface area contributed by atoms with E-state index in [0.29, 0.717) is 0 Å². The number of rotatable bonds is 4. The van der Waals surface area contributed by atoms with Gasteiger partial charge in [-0.25, -0.2) is 9.97 Å². The maximum absolute atomic E-state index is 5.46. The van der Waals surface area contributed by atoms with Gasteiger partial charge in [-0.1, -0.05) is 0 Å². The molecule has 0 N–H and O–H groups in total. The average molecular weight is 369 g/mol. The molecule has 3 heterocycles. The van der Waals surface area contributed by atoms with E-state index in [1.807, 2.05) is 19.1 Å². The number of piperazine rings is 1. The van der Waals surface area contributed by atoms with Gasteiger partial charge in [-0.15, -0.1) is 0 Å². The molecule has 0 radical (unpaired) electrons. The van der Waals surface area contributed by atoms with Gasteiger partial charge in [-0.2, -0.15) is 0 Å². The van der Waals surface area contributed by atoms with Gasteiger partial charge in [0.05, 0.1) is 20.3 Å². The number of aromatic nitrogens is 2. The highest BCUT2D eigenvalue weighted by Gasteiger charge is 2.21. The second-order valence-corrected chi connectivity index (χ2v) is 6.90. The second kappa shape index (κ2) is 8.00. The molecule has 0 amide bonds. The van der Waals surface area contributed by atoms with Crippen LogP contribution in [-0.4, -0.2) is 69.6 Å². The molecule has 2 aromatic rings. The Morgan fingerprint density at radius 1 is 0.815 bits per heavy atom. The van der Waals surface area contributed by atoms with Crippen LogP contribution in [0.1, 0.15) is 5.82 Å². The Morgan fingerprint density at radius 2 is 1.37 bits per heavy atom. The van der Waals surface area contributed by atoms with Crippen molar-refractivity contribution in [1.82, 2.24) is 9.97 Å². The third-order valence-electron chi connectivity index (χ3n) is 5.19. The molecule has 27 heavy (non-hydrogen) atoms. The molecular weight excluding hydrogens is 342 g/mol. The Bertz CT molecular complexity index is 753. The Labute approximate surface area is 160 Å². The molecule has 144 valence electrons. The smallest absolute Gasteiger partial charge is 0.134 e. The topological polar surface area (TPSA) is 54.0 Å². The van der Waals surface area contributed by atoms with E-state index in [0.717, 1.165) is 75.7 Å². The third kappa shape index (κ3) is 4.08. The molecule has 0 aliphatic carbocycles. The van der Waals surface area contributed by atoms with Crippen LogP contribution in [0.5, 0.6) is 5.75 Å². The maximum atomic E-state index is 5.46. The van der Waals surface area contributed by atoms with Crippen molar-refractivity contribution in [2.75, 3.05) is 74.3 Å². The van der Waals surface area contributed by atoms with Crippen molar-refractivity contribution in [3.8, 4) is 5.75 Å². The SMILES string of the molecule is COc1ccc(N2CCN(c3cc(N4CCOCC4)nc(C)n3)CC2)cc1. The van der Waals surface area contributed by atoms with Gasteiger partial charge in [-0.3, -0.25) is 0 Å². The van der Waals surface area contributed by atoms with Crippen LogP contribution >= 0.6 is 0 Å². The molecule has 2 saturated heterocycles. The zero-order valence-corrected chi connectivity index (χ0v) is 16.1. The first kappa shape index (κ1) is 17.9. The number of hydrogen-bond donors (Lipinski definition) is 0. The first-order valence-corrected chi connectivity index (χ1v) is 9.55. The van der Waals surface area contributed by atoms with Crippen LogP contribution in [0.15, 0.2) is 30.3 Å². The number of morpholine rings is 1. The lowest BCUT2D eigenvalue weighted by molar-refractivity contribution is 0.122. The normalized spacial score (nSPS) is 17.9. The summed E-state index contributed by atoms with van der Waals surface area (Å²) in [5.41, 5.74) is 1.24. The van der Waals surface area contributed by atoms with Crippen molar-refractivity contribution in [2.45, 2.75) is 6.92 Å². The Morgan fingerprint density at radius 3 is 1.96 bits per heavy atom. The van der Waals surface area contributed by atoms with Crippen LogP contribution in [0.4, 0.5) is 17.3 Å². The summed E-state index contributed by atoms with van der Waals surface area (Å²) >= 11 is 0. The van der Waals surface area contributed by atoms with Gasteiger partial charge >= 0.3 is 0 Å². The number of nitrogens with zero attached hydrogens (tertiary/aromatic N) is 5. The second-order valence-electron chi connectivity index (χ2n) is 6.90. The lowest BCUT2D eigenvalue weighted by atomic mass is 10.2. The minimum absolute atomic E-state index is 0.763. The molecule has 1 aromatic carbocycles. The molecule has 7 heteroatoms. The van der Waals surface area contributed by atoms with Crippen molar-refractivity contribution in [3.05, 3.63) is 36.2 Å². The van der Waals surface area contributed by atoms with E-state index >= 15 is 0 Å². The van der Waals surface area contributed by atoms with Gasteiger partial charge in [0.1, 0.15) is 23.2 Å². The van der Waals surface area contributed by atoms with Crippen LogP contribution in [0.25, 0.3) is 0 Å². The summed E-state index contributed by atoms with van der Waals surface area (Å²) < 4.78 is 10.7. The van der Waals surface area contributed by atoms with Crippen LogP contribution < -0.4 is 19.4 Å². The van der Waals surface area contributed by atoms with E-state index in [1.165, 1.54) is 5.69 Å². The molecule has 2 fully saturated rings. The highest BCUT2D eigenvalue weighted by Crippen LogP contribution is 2.24. The summed E-state index contributed by atoms with van der Waals surface area (Å²) in [6, 6.07) is 10.4. The number of anilines is 3. The van der Waals surface area contributed by atoms with Crippen LogP contribution in [-0.2, 0) is 4.74 Å². The number of hydrogen-bond acceptors (Lipinski definition) is 7. The summed E-state index contributed by atoms with van der Waals surface area (Å²) in [5.74, 6) is 3.76. The summed E-state index contributed by atoms with van der Waals surface area (Å²) in [7, 11) is 1.70. The number of aryl methyl sites for hydroxylation is 1. The Hall–Kier alpha value is -2.54. The van der Waals surface area contributed by atoms with E-state index in [-0.39, 0.29) is 0 Å². The lowest BCUT2D eigenvalue weighted by Gasteiger charge is -2.37. The highest BCUT2D eigenvalue weighted by molar-refractivity contribution is 5.54. The maximum Gasteiger partial charge on any atom is 0.134 e. The van der Waals surface area contributed by atoms with Gasteiger partial charge < -0.3 is 24.2 Å². The van der Waals surface area contributed by atoms with Crippen LogP contribution in [0, 0.1) is 6.92 Å². The Kier molecular flexibility index (Phi) is 5.29. The molecule has 4 rings (SSSR count). The molecule has 7 nitrogen and oxygen atoms in total. The zero-order valence-electron chi connectivity index (χ0n) is 16.1. The predicted molar refractivity (Wildman–Crippen MR) is 107 cm³/mol. The summed E-state index contributed by atoms with van der Waals surface area (Å²) in [4.78, 5) is 16.4. The van der Waals surface area contributed by atoms with E-state index in [9.17, 15) is 0 Å². The quantitative estimate of drug-likeness (QED) is 0.816. The van der Waals surface area contributed by atoms with E-state index in [2.05, 4.69) is 37.9 Å². The number of ether oxygens (including phenoxy) is 2. The fourth-order valence-electron chi connectivity index (χ4n) is 3.64. The molecule has 1 aromatic heterocycles. The van der Waals surface area contributed by atoms with Crippen molar-refractivity contribution in [3.63, 3.8) is 0 Å². The highest BCUT2D eigenvalue weighted by atomic mass is 16.5. The molecule has 2 aliphatic heterocycles. The van der Waals surface area contributed by atoms with Crippen molar-refractivity contribution in [2.24, 2.45) is 0 Å².